The van der Waals surface area contributed by atoms with Crippen LogP contribution in [0.3, 0.4) is 0 Å². The molecule has 1 nitrogen and oxygen atoms in total. The van der Waals surface area contributed by atoms with Gasteiger partial charge < -0.3 is 4.74 Å². The first-order valence-corrected chi connectivity index (χ1v) is 4.57. The summed E-state index contributed by atoms with van der Waals surface area (Å²) in [6, 6.07) is 0. The second-order valence-electron chi connectivity index (χ2n) is 2.72. The van der Waals surface area contributed by atoms with Crippen molar-refractivity contribution in [3.05, 3.63) is 35.6 Å². The van der Waals surface area contributed by atoms with E-state index in [1.165, 1.54) is 5.57 Å². The molecule has 66 valence electrons. The Hall–Kier alpha value is -0.980. The number of hydrogen-bond acceptors (Lipinski definition) is 1. The van der Waals surface area contributed by atoms with Crippen LogP contribution in [0.4, 0.5) is 0 Å². The van der Waals surface area contributed by atoms with Crippen LogP contribution in [0.15, 0.2) is 35.6 Å². The third-order valence-electron chi connectivity index (χ3n) is 1.86. The third-order valence-corrected chi connectivity index (χ3v) is 1.86. The highest BCUT2D eigenvalue weighted by Crippen LogP contribution is 2.16. The van der Waals surface area contributed by atoms with Gasteiger partial charge >= 0.3 is 0 Å². The summed E-state index contributed by atoms with van der Waals surface area (Å²) in [5, 5.41) is 0. The van der Waals surface area contributed by atoms with Gasteiger partial charge in [0.2, 0.25) is 0 Å². The SMILES string of the molecule is CCOC1=C(CC)C=CCC=C1. The van der Waals surface area contributed by atoms with Gasteiger partial charge in [-0.15, -0.1) is 0 Å². The van der Waals surface area contributed by atoms with Crippen molar-refractivity contribution in [3.63, 3.8) is 0 Å². The summed E-state index contributed by atoms with van der Waals surface area (Å²) in [7, 11) is 0. The van der Waals surface area contributed by atoms with E-state index in [1.54, 1.807) is 0 Å². The molecule has 0 N–H and O–H groups in total. The number of allylic oxidation sites excluding steroid dienone is 5. The van der Waals surface area contributed by atoms with Crippen molar-refractivity contribution < 1.29 is 4.74 Å². The average Bonchev–Trinajstić information content (AvgIpc) is 2.30. The van der Waals surface area contributed by atoms with E-state index < -0.39 is 0 Å². The van der Waals surface area contributed by atoms with Gasteiger partial charge in [0.1, 0.15) is 5.76 Å². The lowest BCUT2D eigenvalue weighted by atomic mass is 10.1. The van der Waals surface area contributed by atoms with E-state index in [2.05, 4.69) is 31.2 Å². The molecule has 0 bridgehead atoms. The minimum absolute atomic E-state index is 0.747. The van der Waals surface area contributed by atoms with E-state index in [-0.39, 0.29) is 0 Å². The number of ether oxygens (including phenoxy) is 1. The molecule has 0 aromatic carbocycles. The molecule has 0 aromatic heterocycles. The van der Waals surface area contributed by atoms with Crippen LogP contribution in [-0.2, 0) is 4.74 Å². The van der Waals surface area contributed by atoms with E-state index in [0.717, 1.165) is 25.2 Å². The normalized spacial score (nSPS) is 16.5. The zero-order chi connectivity index (χ0) is 8.81. The van der Waals surface area contributed by atoms with Gasteiger partial charge in [-0.3, -0.25) is 0 Å². The van der Waals surface area contributed by atoms with Crippen LogP contribution >= 0.6 is 0 Å². The van der Waals surface area contributed by atoms with Gasteiger partial charge in [0, 0.05) is 0 Å². The van der Waals surface area contributed by atoms with Crippen LogP contribution < -0.4 is 0 Å². The zero-order valence-corrected chi connectivity index (χ0v) is 7.84. The van der Waals surface area contributed by atoms with Crippen molar-refractivity contribution in [1.82, 2.24) is 0 Å². The molecule has 0 fully saturated rings. The molecule has 0 spiro atoms. The highest BCUT2D eigenvalue weighted by molar-refractivity contribution is 5.31. The maximum absolute atomic E-state index is 5.51. The minimum Gasteiger partial charge on any atom is -0.494 e. The van der Waals surface area contributed by atoms with Crippen molar-refractivity contribution in [3.8, 4) is 0 Å². The standard InChI is InChI=1S/C11H16O/c1-3-10-8-6-5-7-9-11(10)12-4-2/h6-9H,3-5H2,1-2H3. The highest BCUT2D eigenvalue weighted by Gasteiger charge is 2.01. The molecule has 1 aliphatic rings. The lowest BCUT2D eigenvalue weighted by Crippen LogP contribution is -1.92. The second-order valence-corrected chi connectivity index (χ2v) is 2.72. The maximum Gasteiger partial charge on any atom is 0.122 e. The quantitative estimate of drug-likeness (QED) is 0.622. The summed E-state index contributed by atoms with van der Waals surface area (Å²) >= 11 is 0. The molecule has 1 aliphatic carbocycles. The summed E-state index contributed by atoms with van der Waals surface area (Å²) in [6.45, 7) is 4.91. The van der Waals surface area contributed by atoms with E-state index in [1.807, 2.05) is 6.92 Å². The fraction of sp³-hybridized carbons (Fsp3) is 0.455. The molecule has 0 aliphatic heterocycles. The summed E-state index contributed by atoms with van der Waals surface area (Å²) in [5.41, 5.74) is 1.30. The Bertz CT molecular complexity index is 221. The molecular formula is C11H16O. The highest BCUT2D eigenvalue weighted by atomic mass is 16.5. The number of hydrogen-bond donors (Lipinski definition) is 0. The Morgan fingerprint density at radius 1 is 1.25 bits per heavy atom. The summed E-state index contributed by atoms with van der Waals surface area (Å²) < 4.78 is 5.51. The fourth-order valence-electron chi connectivity index (χ4n) is 1.24. The van der Waals surface area contributed by atoms with Crippen molar-refractivity contribution >= 4 is 0 Å². The van der Waals surface area contributed by atoms with E-state index in [9.17, 15) is 0 Å². The maximum atomic E-state index is 5.51. The Balaban J connectivity index is 2.82. The second kappa shape index (κ2) is 4.81. The lowest BCUT2D eigenvalue weighted by Gasteiger charge is -2.06. The van der Waals surface area contributed by atoms with Gasteiger partial charge in [-0.1, -0.05) is 25.2 Å². The largest absolute Gasteiger partial charge is 0.494 e. The van der Waals surface area contributed by atoms with Crippen molar-refractivity contribution in [2.24, 2.45) is 0 Å². The Labute approximate surface area is 74.4 Å². The predicted molar refractivity (Wildman–Crippen MR) is 51.8 cm³/mol. The topological polar surface area (TPSA) is 9.23 Å². The van der Waals surface area contributed by atoms with Gasteiger partial charge in [-0.2, -0.15) is 0 Å². The molecule has 0 saturated carbocycles. The molecule has 0 saturated heterocycles. The average molecular weight is 164 g/mol. The molecule has 12 heavy (non-hydrogen) atoms. The van der Waals surface area contributed by atoms with Crippen LogP contribution in [0, 0.1) is 0 Å². The Morgan fingerprint density at radius 3 is 2.67 bits per heavy atom. The van der Waals surface area contributed by atoms with Gasteiger partial charge in [-0.05, 0) is 31.4 Å². The number of rotatable bonds is 3. The van der Waals surface area contributed by atoms with Gasteiger partial charge in [0.15, 0.2) is 0 Å². The molecule has 0 radical (unpaired) electrons. The van der Waals surface area contributed by atoms with Crippen LogP contribution in [0.2, 0.25) is 0 Å². The van der Waals surface area contributed by atoms with Gasteiger partial charge in [-0.25, -0.2) is 0 Å². The van der Waals surface area contributed by atoms with Crippen molar-refractivity contribution in [2.45, 2.75) is 26.7 Å². The third kappa shape index (κ3) is 2.26. The smallest absolute Gasteiger partial charge is 0.122 e. The summed E-state index contributed by atoms with van der Waals surface area (Å²) in [5.74, 6) is 1.04. The molecule has 1 heteroatoms. The zero-order valence-electron chi connectivity index (χ0n) is 7.84. The van der Waals surface area contributed by atoms with Gasteiger partial charge in [0.25, 0.3) is 0 Å². The molecule has 0 unspecified atom stereocenters. The van der Waals surface area contributed by atoms with Crippen molar-refractivity contribution in [1.29, 1.82) is 0 Å². The van der Waals surface area contributed by atoms with E-state index in [4.69, 9.17) is 4.74 Å². The van der Waals surface area contributed by atoms with Crippen LogP contribution in [0.25, 0.3) is 0 Å². The molecule has 1 rings (SSSR count). The molecular weight excluding hydrogens is 148 g/mol. The Kier molecular flexibility index (Phi) is 3.65. The first-order valence-electron chi connectivity index (χ1n) is 4.57. The van der Waals surface area contributed by atoms with Crippen LogP contribution in [-0.4, -0.2) is 6.61 Å². The predicted octanol–water partition coefficient (Wildman–Crippen LogP) is 3.20. The summed E-state index contributed by atoms with van der Waals surface area (Å²) in [4.78, 5) is 0. The summed E-state index contributed by atoms with van der Waals surface area (Å²) in [6.07, 6.45) is 10.6. The Morgan fingerprint density at radius 2 is 2.00 bits per heavy atom. The minimum atomic E-state index is 0.747. The van der Waals surface area contributed by atoms with E-state index >= 15 is 0 Å². The van der Waals surface area contributed by atoms with E-state index in [0.29, 0.717) is 0 Å². The van der Waals surface area contributed by atoms with Gasteiger partial charge in [0.05, 0.1) is 6.61 Å². The monoisotopic (exact) mass is 164 g/mol. The molecule has 0 heterocycles. The first kappa shape index (κ1) is 9.11. The molecule has 0 aromatic rings. The van der Waals surface area contributed by atoms with Crippen molar-refractivity contribution in [2.75, 3.05) is 6.61 Å². The van der Waals surface area contributed by atoms with Crippen LogP contribution in [0.5, 0.6) is 0 Å². The molecule has 0 amide bonds. The van der Waals surface area contributed by atoms with Crippen LogP contribution in [0.1, 0.15) is 26.7 Å². The first-order chi connectivity index (χ1) is 5.88. The lowest BCUT2D eigenvalue weighted by molar-refractivity contribution is 0.239. The molecule has 0 atom stereocenters. The fourth-order valence-corrected chi connectivity index (χ4v) is 1.24.